The van der Waals surface area contributed by atoms with E-state index in [0.29, 0.717) is 23.8 Å². The molecule has 0 aromatic carbocycles. The summed E-state index contributed by atoms with van der Waals surface area (Å²) in [5.74, 6) is 0.280. The van der Waals surface area contributed by atoms with Crippen LogP contribution in [0.1, 0.15) is 28.7 Å². The fourth-order valence-corrected chi connectivity index (χ4v) is 1.84. The molecule has 17 heavy (non-hydrogen) atoms. The number of hydrogen-bond acceptors (Lipinski definition) is 3. The van der Waals surface area contributed by atoms with E-state index in [4.69, 9.17) is 4.42 Å². The SMILES string of the molecule is CCc1cc(-c2ccoc2C=O)c(C)[nH]c1=O. The summed E-state index contributed by atoms with van der Waals surface area (Å²) in [6, 6.07) is 3.54. The molecule has 1 N–H and O–H groups in total. The maximum absolute atomic E-state index is 11.6. The maximum atomic E-state index is 11.6. The molecule has 0 radical (unpaired) electrons. The number of nitrogens with one attached hydrogen (secondary N) is 1. The Labute approximate surface area is 98.3 Å². The van der Waals surface area contributed by atoms with Gasteiger partial charge in [0.05, 0.1) is 6.26 Å². The number of carbonyl (C=O) groups excluding carboxylic acids is 1. The van der Waals surface area contributed by atoms with Crippen LogP contribution in [0.15, 0.2) is 27.6 Å². The standard InChI is InChI=1S/C13H13NO3/c1-3-9-6-11(8(2)14-13(9)16)10-4-5-17-12(10)7-15/h4-7H,3H2,1-2H3,(H,14,16). The van der Waals surface area contributed by atoms with Crippen molar-refractivity contribution in [3.8, 4) is 11.1 Å². The topological polar surface area (TPSA) is 63.1 Å². The van der Waals surface area contributed by atoms with E-state index in [9.17, 15) is 9.59 Å². The molecule has 0 unspecified atom stereocenters. The molecule has 0 bridgehead atoms. The van der Waals surface area contributed by atoms with Crippen molar-refractivity contribution >= 4 is 6.29 Å². The van der Waals surface area contributed by atoms with E-state index in [2.05, 4.69) is 4.98 Å². The second kappa shape index (κ2) is 4.41. The normalized spacial score (nSPS) is 10.5. The Kier molecular flexibility index (Phi) is 2.95. The fourth-order valence-electron chi connectivity index (χ4n) is 1.84. The summed E-state index contributed by atoms with van der Waals surface area (Å²) in [5.41, 5.74) is 2.89. The fraction of sp³-hybridized carbons (Fsp3) is 0.231. The average molecular weight is 231 g/mol. The van der Waals surface area contributed by atoms with Crippen LogP contribution in [0.5, 0.6) is 0 Å². The van der Waals surface area contributed by atoms with Crippen molar-refractivity contribution in [1.29, 1.82) is 0 Å². The van der Waals surface area contributed by atoms with Crippen LogP contribution in [0.25, 0.3) is 11.1 Å². The van der Waals surface area contributed by atoms with E-state index in [1.807, 2.05) is 13.0 Å². The lowest BCUT2D eigenvalue weighted by Crippen LogP contribution is -2.13. The zero-order valence-corrected chi connectivity index (χ0v) is 9.74. The molecular formula is C13H13NO3. The first-order chi connectivity index (χ1) is 8.17. The molecule has 2 aromatic rings. The number of rotatable bonds is 3. The van der Waals surface area contributed by atoms with Crippen LogP contribution in [-0.4, -0.2) is 11.3 Å². The van der Waals surface area contributed by atoms with E-state index in [-0.39, 0.29) is 11.3 Å². The molecule has 88 valence electrons. The maximum Gasteiger partial charge on any atom is 0.251 e. The number of carbonyl (C=O) groups is 1. The van der Waals surface area contributed by atoms with Crippen molar-refractivity contribution in [3.05, 3.63) is 45.8 Å². The zero-order valence-electron chi connectivity index (χ0n) is 9.74. The van der Waals surface area contributed by atoms with Gasteiger partial charge in [0.15, 0.2) is 12.0 Å². The van der Waals surface area contributed by atoms with Gasteiger partial charge in [-0.15, -0.1) is 0 Å². The molecule has 2 heterocycles. The summed E-state index contributed by atoms with van der Waals surface area (Å²) < 4.78 is 5.07. The lowest BCUT2D eigenvalue weighted by molar-refractivity contribution is 0.110. The van der Waals surface area contributed by atoms with E-state index >= 15 is 0 Å². The van der Waals surface area contributed by atoms with Crippen LogP contribution < -0.4 is 5.56 Å². The van der Waals surface area contributed by atoms with E-state index < -0.39 is 0 Å². The lowest BCUT2D eigenvalue weighted by atomic mass is 10.0. The third kappa shape index (κ3) is 1.93. The van der Waals surface area contributed by atoms with Gasteiger partial charge in [0.1, 0.15) is 0 Å². The Balaban J connectivity index is 2.67. The molecule has 0 saturated heterocycles. The molecule has 4 nitrogen and oxygen atoms in total. The van der Waals surface area contributed by atoms with Gasteiger partial charge in [-0.3, -0.25) is 9.59 Å². The van der Waals surface area contributed by atoms with Crippen molar-refractivity contribution in [2.24, 2.45) is 0 Å². The molecule has 0 aliphatic heterocycles. The molecule has 4 heteroatoms. The average Bonchev–Trinajstić information content (AvgIpc) is 2.77. The van der Waals surface area contributed by atoms with Crippen LogP contribution in [0.2, 0.25) is 0 Å². The van der Waals surface area contributed by atoms with Crippen LogP contribution in [0.3, 0.4) is 0 Å². The molecular weight excluding hydrogens is 218 g/mol. The molecule has 0 saturated carbocycles. The highest BCUT2D eigenvalue weighted by Crippen LogP contribution is 2.25. The molecule has 2 aromatic heterocycles. The quantitative estimate of drug-likeness (QED) is 0.824. The predicted octanol–water partition coefficient (Wildman–Crippen LogP) is 2.32. The molecule has 0 atom stereocenters. The number of H-pyrrole nitrogens is 1. The Hall–Kier alpha value is -2.10. The van der Waals surface area contributed by atoms with Crippen LogP contribution in [-0.2, 0) is 6.42 Å². The van der Waals surface area contributed by atoms with Gasteiger partial charge in [-0.1, -0.05) is 6.92 Å². The summed E-state index contributed by atoms with van der Waals surface area (Å²) in [6.45, 7) is 3.72. The van der Waals surface area contributed by atoms with E-state index in [1.165, 1.54) is 6.26 Å². The predicted molar refractivity (Wildman–Crippen MR) is 64.3 cm³/mol. The zero-order chi connectivity index (χ0) is 12.4. The van der Waals surface area contributed by atoms with Crippen molar-refractivity contribution < 1.29 is 9.21 Å². The van der Waals surface area contributed by atoms with Crippen molar-refractivity contribution in [1.82, 2.24) is 4.98 Å². The number of aromatic amines is 1. The number of furan rings is 1. The van der Waals surface area contributed by atoms with Gasteiger partial charge in [0.25, 0.3) is 5.56 Å². The van der Waals surface area contributed by atoms with Gasteiger partial charge in [0.2, 0.25) is 0 Å². The summed E-state index contributed by atoms with van der Waals surface area (Å²) in [6.07, 6.45) is 2.79. The number of aromatic nitrogens is 1. The van der Waals surface area contributed by atoms with Gasteiger partial charge in [-0.25, -0.2) is 0 Å². The number of aryl methyl sites for hydroxylation is 2. The minimum absolute atomic E-state index is 0.0788. The third-order valence-corrected chi connectivity index (χ3v) is 2.79. The molecule has 0 aliphatic rings. The van der Waals surface area contributed by atoms with Gasteiger partial charge in [-0.05, 0) is 25.5 Å². The summed E-state index contributed by atoms with van der Waals surface area (Å²) >= 11 is 0. The Morgan fingerprint density at radius 1 is 1.41 bits per heavy atom. The molecule has 0 amide bonds. The van der Waals surface area contributed by atoms with Crippen LogP contribution >= 0.6 is 0 Å². The monoisotopic (exact) mass is 231 g/mol. The Morgan fingerprint density at radius 3 is 2.82 bits per heavy atom. The second-order valence-electron chi connectivity index (χ2n) is 3.83. The van der Waals surface area contributed by atoms with Crippen molar-refractivity contribution in [2.75, 3.05) is 0 Å². The first kappa shape index (κ1) is 11.4. The highest BCUT2D eigenvalue weighted by Gasteiger charge is 2.12. The third-order valence-electron chi connectivity index (χ3n) is 2.79. The Morgan fingerprint density at radius 2 is 2.18 bits per heavy atom. The van der Waals surface area contributed by atoms with Crippen LogP contribution in [0, 0.1) is 6.92 Å². The molecule has 0 spiro atoms. The van der Waals surface area contributed by atoms with E-state index in [0.717, 1.165) is 11.3 Å². The summed E-state index contributed by atoms with van der Waals surface area (Å²) in [4.78, 5) is 25.2. The Bertz CT molecular complexity index is 607. The molecule has 0 aliphatic carbocycles. The second-order valence-corrected chi connectivity index (χ2v) is 3.83. The largest absolute Gasteiger partial charge is 0.461 e. The van der Waals surface area contributed by atoms with Gasteiger partial charge >= 0.3 is 0 Å². The number of hydrogen-bond donors (Lipinski definition) is 1. The smallest absolute Gasteiger partial charge is 0.251 e. The summed E-state index contributed by atoms with van der Waals surface area (Å²) in [7, 11) is 0. The van der Waals surface area contributed by atoms with Gasteiger partial charge in [0, 0.05) is 22.4 Å². The lowest BCUT2D eigenvalue weighted by Gasteiger charge is -2.06. The number of aldehydes is 1. The first-order valence-electron chi connectivity index (χ1n) is 5.43. The minimum Gasteiger partial charge on any atom is -0.461 e. The molecule has 0 fully saturated rings. The highest BCUT2D eigenvalue weighted by atomic mass is 16.3. The van der Waals surface area contributed by atoms with E-state index in [1.54, 1.807) is 13.0 Å². The van der Waals surface area contributed by atoms with Gasteiger partial charge < -0.3 is 9.40 Å². The first-order valence-corrected chi connectivity index (χ1v) is 5.43. The van der Waals surface area contributed by atoms with Crippen molar-refractivity contribution in [2.45, 2.75) is 20.3 Å². The minimum atomic E-state index is -0.0788. The summed E-state index contributed by atoms with van der Waals surface area (Å²) in [5, 5.41) is 0. The van der Waals surface area contributed by atoms with Crippen LogP contribution in [0.4, 0.5) is 0 Å². The van der Waals surface area contributed by atoms with Crippen molar-refractivity contribution in [3.63, 3.8) is 0 Å². The molecule has 2 rings (SSSR count). The highest BCUT2D eigenvalue weighted by molar-refractivity contribution is 5.85. The van der Waals surface area contributed by atoms with Gasteiger partial charge in [-0.2, -0.15) is 0 Å². The number of pyridine rings is 1.